The summed E-state index contributed by atoms with van der Waals surface area (Å²) in [5, 5.41) is 0. The fourth-order valence-electron chi connectivity index (χ4n) is 1.63. The summed E-state index contributed by atoms with van der Waals surface area (Å²) in [6, 6.07) is 3.83. The van der Waals surface area contributed by atoms with E-state index in [4.69, 9.17) is 5.73 Å². The molecule has 4 heteroatoms. The maximum atomic E-state index is 5.74. The Bertz CT molecular complexity index is 488. The number of nitrogens with zero attached hydrogens (tertiary/aromatic N) is 2. The van der Waals surface area contributed by atoms with Gasteiger partial charge < -0.3 is 10.1 Å². The van der Waals surface area contributed by atoms with Gasteiger partial charge in [0, 0.05) is 18.3 Å². The first-order valence-electron chi connectivity index (χ1n) is 5.00. The number of nitrogen functional groups attached to an aromatic ring is 1. The lowest BCUT2D eigenvalue weighted by Crippen LogP contribution is -2.00. The van der Waals surface area contributed by atoms with Gasteiger partial charge in [-0.2, -0.15) is 0 Å². The molecule has 0 spiro atoms. The quantitative estimate of drug-likeness (QED) is 0.910. The Balaban J connectivity index is 2.57. The minimum atomic E-state index is 0.597. The van der Waals surface area contributed by atoms with Crippen LogP contribution in [-0.2, 0) is 6.42 Å². The number of halogens is 1. The van der Waals surface area contributed by atoms with E-state index in [2.05, 4.69) is 39.2 Å². The number of hydrogen-bond acceptors (Lipinski definition) is 2. The van der Waals surface area contributed by atoms with Crippen molar-refractivity contribution in [2.75, 3.05) is 5.73 Å². The molecule has 0 fully saturated rings. The predicted octanol–water partition coefficient (Wildman–Crippen LogP) is 2.88. The Kier molecular flexibility index (Phi) is 2.69. The summed E-state index contributed by atoms with van der Waals surface area (Å²) < 4.78 is 2.95. The second kappa shape index (κ2) is 3.85. The van der Waals surface area contributed by atoms with Crippen LogP contribution >= 0.6 is 15.9 Å². The molecule has 0 saturated carbocycles. The van der Waals surface area contributed by atoms with Crippen LogP contribution in [0.2, 0.25) is 0 Å². The molecule has 2 rings (SSSR count). The Labute approximate surface area is 97.4 Å². The lowest BCUT2D eigenvalue weighted by molar-refractivity contribution is 0.619. The Morgan fingerprint density at radius 2 is 2.27 bits per heavy atom. The summed E-state index contributed by atoms with van der Waals surface area (Å²) in [7, 11) is 0. The van der Waals surface area contributed by atoms with E-state index in [-0.39, 0.29) is 0 Å². The molecule has 0 aromatic carbocycles. The smallest absolute Gasteiger partial charge is 0.132 e. The molecule has 0 aliphatic carbocycles. The molecule has 2 aromatic rings. The van der Waals surface area contributed by atoms with Gasteiger partial charge >= 0.3 is 0 Å². The fraction of sp³-hybridized carbons (Fsp3) is 0.364. The van der Waals surface area contributed by atoms with E-state index in [1.807, 2.05) is 18.3 Å². The number of anilines is 1. The first-order valence-corrected chi connectivity index (χ1v) is 5.79. The third-order valence-electron chi connectivity index (χ3n) is 2.29. The molecule has 2 N–H and O–H groups in total. The highest BCUT2D eigenvalue weighted by molar-refractivity contribution is 9.10. The number of rotatable bonds is 2. The maximum Gasteiger partial charge on any atom is 0.132 e. The number of fused-ring (bicyclic) bond motifs is 1. The molecule has 15 heavy (non-hydrogen) atoms. The van der Waals surface area contributed by atoms with Gasteiger partial charge in [-0.3, -0.25) is 0 Å². The van der Waals surface area contributed by atoms with E-state index >= 15 is 0 Å². The fourth-order valence-corrected chi connectivity index (χ4v) is 2.14. The second-order valence-corrected chi connectivity index (χ2v) is 4.88. The monoisotopic (exact) mass is 267 g/mol. The van der Waals surface area contributed by atoms with Crippen molar-refractivity contribution < 1.29 is 0 Å². The van der Waals surface area contributed by atoms with E-state index < -0.39 is 0 Å². The van der Waals surface area contributed by atoms with E-state index in [1.54, 1.807) is 0 Å². The van der Waals surface area contributed by atoms with Gasteiger partial charge in [0.1, 0.15) is 10.4 Å². The average Bonchev–Trinajstić information content (AvgIpc) is 2.42. The van der Waals surface area contributed by atoms with Crippen molar-refractivity contribution in [1.82, 2.24) is 9.38 Å². The van der Waals surface area contributed by atoms with Gasteiger partial charge in [0.25, 0.3) is 0 Å². The van der Waals surface area contributed by atoms with Crippen molar-refractivity contribution in [3.05, 3.63) is 28.8 Å². The maximum absolute atomic E-state index is 5.74. The minimum Gasteiger partial charge on any atom is -0.399 e. The van der Waals surface area contributed by atoms with Crippen LogP contribution in [-0.4, -0.2) is 9.38 Å². The van der Waals surface area contributed by atoms with Crippen molar-refractivity contribution in [2.24, 2.45) is 5.92 Å². The molecule has 2 heterocycles. The Hall–Kier alpha value is -1.03. The summed E-state index contributed by atoms with van der Waals surface area (Å²) in [5.74, 6) is 1.67. The number of pyridine rings is 1. The van der Waals surface area contributed by atoms with Crippen molar-refractivity contribution in [1.29, 1.82) is 0 Å². The first-order chi connectivity index (χ1) is 7.08. The van der Waals surface area contributed by atoms with Crippen LogP contribution in [0.15, 0.2) is 22.9 Å². The topological polar surface area (TPSA) is 43.3 Å². The zero-order chi connectivity index (χ0) is 11.0. The van der Waals surface area contributed by atoms with Crippen LogP contribution in [0, 0.1) is 5.92 Å². The molecule has 0 aliphatic rings. The van der Waals surface area contributed by atoms with Crippen LogP contribution in [0.25, 0.3) is 5.52 Å². The largest absolute Gasteiger partial charge is 0.399 e. The van der Waals surface area contributed by atoms with Gasteiger partial charge in [0.15, 0.2) is 0 Å². The Morgan fingerprint density at radius 3 is 2.93 bits per heavy atom. The lowest BCUT2D eigenvalue weighted by Gasteiger charge is -2.03. The van der Waals surface area contributed by atoms with Crippen molar-refractivity contribution in [2.45, 2.75) is 20.3 Å². The van der Waals surface area contributed by atoms with Crippen molar-refractivity contribution in [3.8, 4) is 0 Å². The van der Waals surface area contributed by atoms with Gasteiger partial charge in [0.2, 0.25) is 0 Å². The average molecular weight is 268 g/mol. The van der Waals surface area contributed by atoms with E-state index in [1.165, 1.54) is 0 Å². The van der Waals surface area contributed by atoms with E-state index in [9.17, 15) is 0 Å². The summed E-state index contributed by atoms with van der Waals surface area (Å²) >= 11 is 3.45. The van der Waals surface area contributed by atoms with Crippen LogP contribution in [0.5, 0.6) is 0 Å². The van der Waals surface area contributed by atoms with E-state index in [0.29, 0.717) is 5.92 Å². The molecule has 0 amide bonds. The van der Waals surface area contributed by atoms with Crippen molar-refractivity contribution >= 4 is 27.1 Å². The van der Waals surface area contributed by atoms with Crippen LogP contribution in [0.4, 0.5) is 5.69 Å². The SMILES string of the molecule is CC(C)Cc1nc(Br)c2cc(N)ccn12. The third kappa shape index (κ3) is 2.00. The lowest BCUT2D eigenvalue weighted by atomic mass is 10.1. The number of imidazole rings is 1. The zero-order valence-electron chi connectivity index (χ0n) is 8.87. The number of aromatic nitrogens is 2. The molecule has 0 aliphatic heterocycles. The predicted molar refractivity (Wildman–Crippen MR) is 65.8 cm³/mol. The molecule has 3 nitrogen and oxygen atoms in total. The molecule has 0 bridgehead atoms. The highest BCUT2D eigenvalue weighted by Crippen LogP contribution is 2.22. The molecule has 0 atom stereocenters. The number of hydrogen-bond donors (Lipinski definition) is 1. The summed E-state index contributed by atoms with van der Waals surface area (Å²) in [6.07, 6.45) is 2.94. The van der Waals surface area contributed by atoms with E-state index in [0.717, 1.165) is 28.1 Å². The third-order valence-corrected chi connectivity index (χ3v) is 2.87. The second-order valence-electron chi connectivity index (χ2n) is 4.13. The van der Waals surface area contributed by atoms with Gasteiger partial charge in [-0.05, 0) is 34.0 Å². The van der Waals surface area contributed by atoms with Gasteiger partial charge in [-0.25, -0.2) is 4.98 Å². The molecular weight excluding hydrogens is 254 g/mol. The molecule has 2 aromatic heterocycles. The minimum absolute atomic E-state index is 0.597. The van der Waals surface area contributed by atoms with Gasteiger partial charge in [0.05, 0.1) is 5.52 Å². The van der Waals surface area contributed by atoms with Crippen molar-refractivity contribution in [3.63, 3.8) is 0 Å². The molecule has 0 radical (unpaired) electrons. The normalized spacial score (nSPS) is 11.5. The van der Waals surface area contributed by atoms with Gasteiger partial charge in [-0.1, -0.05) is 13.8 Å². The zero-order valence-corrected chi connectivity index (χ0v) is 10.5. The highest BCUT2D eigenvalue weighted by Gasteiger charge is 2.10. The summed E-state index contributed by atoms with van der Waals surface area (Å²) in [4.78, 5) is 4.50. The van der Waals surface area contributed by atoms with Gasteiger partial charge in [-0.15, -0.1) is 0 Å². The molecule has 0 saturated heterocycles. The summed E-state index contributed by atoms with van der Waals surface area (Å²) in [5.41, 5.74) is 7.54. The first kappa shape index (κ1) is 10.5. The van der Waals surface area contributed by atoms with Crippen LogP contribution in [0.3, 0.4) is 0 Å². The van der Waals surface area contributed by atoms with Crippen LogP contribution < -0.4 is 5.73 Å². The number of nitrogens with two attached hydrogens (primary N) is 1. The molecule has 0 unspecified atom stereocenters. The summed E-state index contributed by atoms with van der Waals surface area (Å²) in [6.45, 7) is 4.37. The van der Waals surface area contributed by atoms with Crippen LogP contribution in [0.1, 0.15) is 19.7 Å². The molecule has 80 valence electrons. The standard InChI is InChI=1S/C11H14BrN3/c1-7(2)5-10-14-11(12)9-6-8(13)3-4-15(9)10/h3-4,6-7H,5,13H2,1-2H3. The molecular formula is C11H14BrN3. The highest BCUT2D eigenvalue weighted by atomic mass is 79.9. The Morgan fingerprint density at radius 1 is 1.53 bits per heavy atom.